The van der Waals surface area contributed by atoms with Crippen LogP contribution in [0.3, 0.4) is 0 Å². The lowest BCUT2D eigenvalue weighted by atomic mass is 10.2. The molecule has 1 amide bonds. The third-order valence-electron chi connectivity index (χ3n) is 4.36. The van der Waals surface area contributed by atoms with E-state index in [1.165, 1.54) is 5.56 Å². The first-order valence-corrected chi connectivity index (χ1v) is 10.8. The van der Waals surface area contributed by atoms with Crippen LogP contribution in [0.15, 0.2) is 77.3 Å². The van der Waals surface area contributed by atoms with Gasteiger partial charge in [-0.1, -0.05) is 50.2 Å². The molecule has 1 N–H and O–H groups in total. The minimum absolute atomic E-state index is 0.187. The van der Waals surface area contributed by atoms with Gasteiger partial charge in [0.05, 0.1) is 17.7 Å². The zero-order valence-electron chi connectivity index (χ0n) is 17.2. The van der Waals surface area contributed by atoms with Crippen molar-refractivity contribution in [1.29, 1.82) is 0 Å². The predicted molar refractivity (Wildman–Crippen MR) is 125 cm³/mol. The molecule has 4 nitrogen and oxygen atoms in total. The Morgan fingerprint density at radius 1 is 0.967 bits per heavy atom. The molecule has 3 rings (SSSR count). The zero-order valence-corrected chi connectivity index (χ0v) is 18.8. The molecule has 0 saturated heterocycles. The lowest BCUT2D eigenvalue weighted by Crippen LogP contribution is -2.12. The fourth-order valence-electron chi connectivity index (χ4n) is 2.81. The van der Waals surface area contributed by atoms with Crippen molar-refractivity contribution >= 4 is 27.5 Å². The Morgan fingerprint density at radius 2 is 1.77 bits per heavy atom. The number of nitrogens with one attached hydrogen (secondary N) is 1. The Bertz CT molecular complexity index is 973. The Labute approximate surface area is 186 Å². The maximum atomic E-state index is 12.6. The standard InChI is InChI=1S/C25H26BrNO3/c1-18(2)17-30-24-12-11-20(15-23(24)26)25(28)27-21-9-6-10-22(16-21)29-14-13-19-7-4-3-5-8-19/h3-12,15-16,18H,13-14,17H2,1-2H3,(H,27,28). The van der Waals surface area contributed by atoms with Gasteiger partial charge in [-0.15, -0.1) is 0 Å². The molecule has 0 bridgehead atoms. The highest BCUT2D eigenvalue weighted by Crippen LogP contribution is 2.27. The van der Waals surface area contributed by atoms with Crippen LogP contribution in [0.4, 0.5) is 5.69 Å². The van der Waals surface area contributed by atoms with Crippen LogP contribution >= 0.6 is 15.9 Å². The molecular weight excluding hydrogens is 442 g/mol. The highest BCUT2D eigenvalue weighted by molar-refractivity contribution is 9.10. The molecular formula is C25H26BrNO3. The summed E-state index contributed by atoms with van der Waals surface area (Å²) in [7, 11) is 0. The number of carbonyl (C=O) groups is 1. The van der Waals surface area contributed by atoms with E-state index in [-0.39, 0.29) is 5.91 Å². The summed E-state index contributed by atoms with van der Waals surface area (Å²) in [5.74, 6) is 1.70. The summed E-state index contributed by atoms with van der Waals surface area (Å²) in [5.41, 5.74) is 2.47. The van der Waals surface area contributed by atoms with E-state index in [4.69, 9.17) is 9.47 Å². The summed E-state index contributed by atoms with van der Waals surface area (Å²) in [6.45, 7) is 5.39. The largest absolute Gasteiger partial charge is 0.493 e. The molecule has 3 aromatic rings. The van der Waals surface area contributed by atoms with Crippen LogP contribution in [0.5, 0.6) is 11.5 Å². The minimum atomic E-state index is -0.187. The SMILES string of the molecule is CC(C)COc1ccc(C(=O)Nc2cccc(OCCc3ccccc3)c2)cc1Br. The number of hydrogen-bond donors (Lipinski definition) is 1. The summed E-state index contributed by atoms with van der Waals surface area (Å²) in [5, 5.41) is 2.92. The highest BCUT2D eigenvalue weighted by atomic mass is 79.9. The molecule has 0 saturated carbocycles. The van der Waals surface area contributed by atoms with Gasteiger partial charge in [0.2, 0.25) is 0 Å². The molecule has 156 valence electrons. The second kappa shape index (κ2) is 10.8. The number of hydrogen-bond acceptors (Lipinski definition) is 3. The van der Waals surface area contributed by atoms with Gasteiger partial charge in [-0.3, -0.25) is 4.79 Å². The Hall–Kier alpha value is -2.79. The first-order chi connectivity index (χ1) is 14.5. The molecule has 30 heavy (non-hydrogen) atoms. The van der Waals surface area contributed by atoms with Crippen LogP contribution in [0.25, 0.3) is 0 Å². The van der Waals surface area contributed by atoms with E-state index in [1.54, 1.807) is 12.1 Å². The smallest absolute Gasteiger partial charge is 0.255 e. The second-order valence-corrected chi connectivity index (χ2v) is 8.27. The first-order valence-electron chi connectivity index (χ1n) is 10.0. The molecule has 0 spiro atoms. The van der Waals surface area contributed by atoms with E-state index in [1.807, 2.05) is 48.5 Å². The van der Waals surface area contributed by atoms with Gasteiger partial charge >= 0.3 is 0 Å². The van der Waals surface area contributed by atoms with E-state index in [0.717, 1.165) is 22.4 Å². The quantitative estimate of drug-likeness (QED) is 0.398. The molecule has 0 aliphatic heterocycles. The number of amides is 1. The van der Waals surface area contributed by atoms with Gasteiger partial charge < -0.3 is 14.8 Å². The zero-order chi connectivity index (χ0) is 21.3. The van der Waals surface area contributed by atoms with Gasteiger partial charge in [0, 0.05) is 23.7 Å². The summed E-state index contributed by atoms with van der Waals surface area (Å²) < 4.78 is 12.3. The van der Waals surface area contributed by atoms with Crippen molar-refractivity contribution in [3.63, 3.8) is 0 Å². The third kappa shape index (κ3) is 6.63. The van der Waals surface area contributed by atoms with Gasteiger partial charge in [0.15, 0.2) is 0 Å². The number of halogens is 1. The van der Waals surface area contributed by atoms with Crippen LogP contribution in [0, 0.1) is 5.92 Å². The highest BCUT2D eigenvalue weighted by Gasteiger charge is 2.11. The summed E-state index contributed by atoms with van der Waals surface area (Å²) in [6, 6.07) is 23.0. The first kappa shape index (κ1) is 21.9. The second-order valence-electron chi connectivity index (χ2n) is 7.42. The molecule has 0 unspecified atom stereocenters. The maximum absolute atomic E-state index is 12.6. The molecule has 0 aliphatic rings. The fourth-order valence-corrected chi connectivity index (χ4v) is 3.31. The minimum Gasteiger partial charge on any atom is -0.493 e. The van der Waals surface area contributed by atoms with E-state index in [0.29, 0.717) is 30.4 Å². The van der Waals surface area contributed by atoms with E-state index in [9.17, 15) is 4.79 Å². The Kier molecular flexibility index (Phi) is 7.91. The molecule has 0 fully saturated rings. The maximum Gasteiger partial charge on any atom is 0.255 e. The summed E-state index contributed by atoms with van der Waals surface area (Å²) in [6.07, 6.45) is 0.830. The van der Waals surface area contributed by atoms with Crippen LogP contribution in [-0.4, -0.2) is 19.1 Å². The van der Waals surface area contributed by atoms with Crippen LogP contribution in [0.1, 0.15) is 29.8 Å². The van der Waals surface area contributed by atoms with Gasteiger partial charge in [-0.2, -0.15) is 0 Å². The lowest BCUT2D eigenvalue weighted by molar-refractivity contribution is 0.102. The molecule has 3 aromatic carbocycles. The van der Waals surface area contributed by atoms with Gasteiger partial charge in [-0.05, 0) is 57.7 Å². The summed E-state index contributed by atoms with van der Waals surface area (Å²) >= 11 is 3.49. The number of benzene rings is 3. The van der Waals surface area contributed by atoms with Crippen molar-refractivity contribution < 1.29 is 14.3 Å². The third-order valence-corrected chi connectivity index (χ3v) is 4.98. The van der Waals surface area contributed by atoms with Crippen molar-refractivity contribution in [1.82, 2.24) is 0 Å². The van der Waals surface area contributed by atoms with E-state index >= 15 is 0 Å². The normalized spacial score (nSPS) is 10.7. The van der Waals surface area contributed by atoms with E-state index < -0.39 is 0 Å². The van der Waals surface area contributed by atoms with Crippen LogP contribution < -0.4 is 14.8 Å². The molecule has 0 atom stereocenters. The Morgan fingerprint density at radius 3 is 2.50 bits per heavy atom. The van der Waals surface area contributed by atoms with Crippen LogP contribution in [0.2, 0.25) is 0 Å². The average molecular weight is 468 g/mol. The molecule has 0 heterocycles. The molecule has 0 aliphatic carbocycles. The van der Waals surface area contributed by atoms with Crippen LogP contribution in [-0.2, 0) is 6.42 Å². The fraction of sp³-hybridized carbons (Fsp3) is 0.240. The predicted octanol–water partition coefficient (Wildman–Crippen LogP) is 6.36. The summed E-state index contributed by atoms with van der Waals surface area (Å²) in [4.78, 5) is 12.6. The molecule has 5 heteroatoms. The number of carbonyl (C=O) groups excluding carboxylic acids is 1. The Balaban J connectivity index is 1.57. The topological polar surface area (TPSA) is 47.6 Å². The van der Waals surface area contributed by atoms with Crippen molar-refractivity contribution in [3.05, 3.63) is 88.4 Å². The van der Waals surface area contributed by atoms with Crippen molar-refractivity contribution in [3.8, 4) is 11.5 Å². The number of rotatable bonds is 9. The molecule has 0 radical (unpaired) electrons. The lowest BCUT2D eigenvalue weighted by Gasteiger charge is -2.12. The van der Waals surface area contributed by atoms with E-state index in [2.05, 4.69) is 47.2 Å². The van der Waals surface area contributed by atoms with Gasteiger partial charge in [-0.25, -0.2) is 0 Å². The number of anilines is 1. The van der Waals surface area contributed by atoms with Crippen molar-refractivity contribution in [2.24, 2.45) is 5.92 Å². The van der Waals surface area contributed by atoms with Crippen molar-refractivity contribution in [2.75, 3.05) is 18.5 Å². The average Bonchev–Trinajstić information content (AvgIpc) is 2.74. The number of ether oxygens (including phenoxy) is 2. The van der Waals surface area contributed by atoms with Gasteiger partial charge in [0.25, 0.3) is 5.91 Å². The van der Waals surface area contributed by atoms with Gasteiger partial charge in [0.1, 0.15) is 11.5 Å². The van der Waals surface area contributed by atoms with Crippen molar-refractivity contribution in [2.45, 2.75) is 20.3 Å². The monoisotopic (exact) mass is 467 g/mol. The molecule has 0 aromatic heterocycles.